The number of nitrogens with one attached hydrogen (secondary N) is 1. The molecule has 112 valence electrons. The van der Waals surface area contributed by atoms with E-state index in [1.807, 2.05) is 30.5 Å². The van der Waals surface area contributed by atoms with Gasteiger partial charge in [-0.1, -0.05) is 45.0 Å². The van der Waals surface area contributed by atoms with E-state index in [2.05, 4.69) is 60.0 Å². The topological polar surface area (TPSA) is 54.5 Å². The van der Waals surface area contributed by atoms with Crippen molar-refractivity contribution in [3.63, 3.8) is 0 Å². The maximum atomic E-state index is 4.61. The van der Waals surface area contributed by atoms with E-state index in [1.54, 1.807) is 0 Å². The Hall–Kier alpha value is -2.49. The van der Waals surface area contributed by atoms with Crippen molar-refractivity contribution >= 4 is 0 Å². The molecule has 3 rings (SSSR count). The second-order valence-corrected chi connectivity index (χ2v) is 6.50. The minimum atomic E-state index is 0.0799. The van der Waals surface area contributed by atoms with Crippen molar-refractivity contribution < 1.29 is 0 Å². The lowest BCUT2D eigenvalue weighted by Crippen LogP contribution is -2.11. The number of pyridine rings is 1. The molecule has 0 unspecified atom stereocenters. The summed E-state index contributed by atoms with van der Waals surface area (Å²) >= 11 is 0. The highest BCUT2D eigenvalue weighted by molar-refractivity contribution is 5.62. The third-order valence-electron chi connectivity index (χ3n) is 3.74. The van der Waals surface area contributed by atoms with E-state index >= 15 is 0 Å². The van der Waals surface area contributed by atoms with Crippen molar-refractivity contribution in [1.29, 1.82) is 0 Å². The summed E-state index contributed by atoms with van der Waals surface area (Å²) in [5, 5.41) is 7.34. The summed E-state index contributed by atoms with van der Waals surface area (Å²) in [5.41, 5.74) is 4.32. The molecule has 0 saturated carbocycles. The lowest BCUT2D eigenvalue weighted by Gasteiger charge is -2.18. The molecule has 4 nitrogen and oxygen atoms in total. The van der Waals surface area contributed by atoms with Gasteiger partial charge in [0, 0.05) is 11.8 Å². The fourth-order valence-electron chi connectivity index (χ4n) is 2.35. The fourth-order valence-corrected chi connectivity index (χ4v) is 2.35. The van der Waals surface area contributed by atoms with Crippen molar-refractivity contribution in [3.8, 4) is 22.9 Å². The van der Waals surface area contributed by atoms with Gasteiger partial charge in [0.2, 0.25) is 0 Å². The van der Waals surface area contributed by atoms with Crippen LogP contribution in [-0.2, 0) is 5.41 Å². The fraction of sp³-hybridized carbons (Fsp3) is 0.278. The van der Waals surface area contributed by atoms with Gasteiger partial charge in [-0.15, -0.1) is 0 Å². The van der Waals surface area contributed by atoms with Crippen molar-refractivity contribution in [2.75, 3.05) is 0 Å². The number of aromatic amines is 1. The number of hydrogen-bond acceptors (Lipinski definition) is 3. The van der Waals surface area contributed by atoms with Crippen molar-refractivity contribution in [3.05, 3.63) is 53.7 Å². The van der Waals surface area contributed by atoms with Crippen LogP contribution in [0.15, 0.2) is 42.6 Å². The Morgan fingerprint density at radius 2 is 1.82 bits per heavy atom. The second-order valence-electron chi connectivity index (χ2n) is 6.50. The van der Waals surface area contributed by atoms with E-state index in [0.717, 1.165) is 16.8 Å². The van der Waals surface area contributed by atoms with Gasteiger partial charge in [-0.3, -0.25) is 10.1 Å². The molecule has 2 aromatic heterocycles. The van der Waals surface area contributed by atoms with Gasteiger partial charge in [0.15, 0.2) is 11.6 Å². The van der Waals surface area contributed by atoms with Gasteiger partial charge in [0.25, 0.3) is 0 Å². The molecule has 0 bridgehead atoms. The SMILES string of the molecule is Cc1ccccc1-c1n[nH]c(-c2cc(C(C)(C)C)ccn2)n1. The van der Waals surface area contributed by atoms with Gasteiger partial charge in [-0.2, -0.15) is 5.10 Å². The molecular formula is C18H20N4. The van der Waals surface area contributed by atoms with Crippen LogP contribution in [0, 0.1) is 6.92 Å². The van der Waals surface area contributed by atoms with Crippen LogP contribution in [-0.4, -0.2) is 20.2 Å². The molecule has 0 fully saturated rings. The second kappa shape index (κ2) is 5.37. The summed E-state index contributed by atoms with van der Waals surface area (Å²) in [6, 6.07) is 12.2. The van der Waals surface area contributed by atoms with Crippen LogP contribution in [0.5, 0.6) is 0 Å². The van der Waals surface area contributed by atoms with E-state index in [9.17, 15) is 0 Å². The van der Waals surface area contributed by atoms with Crippen molar-refractivity contribution in [1.82, 2.24) is 20.2 Å². The summed E-state index contributed by atoms with van der Waals surface area (Å²) in [5.74, 6) is 1.40. The largest absolute Gasteiger partial charge is 0.257 e. The molecule has 0 aliphatic carbocycles. The number of nitrogens with zero attached hydrogens (tertiary/aromatic N) is 3. The third-order valence-corrected chi connectivity index (χ3v) is 3.74. The molecule has 1 aromatic carbocycles. The standard InChI is InChI=1S/C18H20N4/c1-12-7-5-6-8-14(12)16-20-17(22-21-16)15-11-13(9-10-19-15)18(2,3)4/h5-11H,1-4H3,(H,20,21,22). The zero-order valence-electron chi connectivity index (χ0n) is 13.4. The molecule has 0 radical (unpaired) electrons. The van der Waals surface area contributed by atoms with E-state index in [4.69, 9.17) is 0 Å². The average Bonchev–Trinajstić information content (AvgIpc) is 2.97. The van der Waals surface area contributed by atoms with E-state index in [1.165, 1.54) is 5.56 Å². The van der Waals surface area contributed by atoms with Crippen LogP contribution in [0.25, 0.3) is 22.9 Å². The quantitative estimate of drug-likeness (QED) is 0.772. The maximum absolute atomic E-state index is 4.61. The van der Waals surface area contributed by atoms with Crippen LogP contribution in [0.4, 0.5) is 0 Å². The Bertz CT molecular complexity index is 797. The predicted octanol–water partition coefficient (Wildman–Crippen LogP) is 4.14. The number of rotatable bonds is 2. The van der Waals surface area contributed by atoms with Crippen LogP contribution in [0.3, 0.4) is 0 Å². The van der Waals surface area contributed by atoms with Crippen LogP contribution in [0.1, 0.15) is 31.9 Å². The first kappa shape index (κ1) is 14.4. The maximum Gasteiger partial charge on any atom is 0.181 e. The molecule has 0 atom stereocenters. The van der Waals surface area contributed by atoms with E-state index in [0.29, 0.717) is 11.6 Å². The summed E-state index contributed by atoms with van der Waals surface area (Å²) in [6.07, 6.45) is 1.83. The number of H-pyrrole nitrogens is 1. The number of benzene rings is 1. The Morgan fingerprint density at radius 3 is 2.55 bits per heavy atom. The average molecular weight is 292 g/mol. The molecule has 4 heteroatoms. The van der Waals surface area contributed by atoms with Gasteiger partial charge in [0.05, 0.1) is 0 Å². The Labute approximate surface area is 130 Å². The highest BCUT2D eigenvalue weighted by Crippen LogP contribution is 2.26. The summed E-state index contributed by atoms with van der Waals surface area (Å²) in [4.78, 5) is 9.02. The summed E-state index contributed by atoms with van der Waals surface area (Å²) < 4.78 is 0. The Balaban J connectivity index is 2.00. The Morgan fingerprint density at radius 1 is 1.05 bits per heavy atom. The highest BCUT2D eigenvalue weighted by atomic mass is 15.2. The van der Waals surface area contributed by atoms with Crippen LogP contribution in [0.2, 0.25) is 0 Å². The molecule has 0 aliphatic rings. The molecular weight excluding hydrogens is 272 g/mol. The predicted molar refractivity (Wildman–Crippen MR) is 88.5 cm³/mol. The molecule has 0 saturated heterocycles. The van der Waals surface area contributed by atoms with Crippen molar-refractivity contribution in [2.45, 2.75) is 33.1 Å². The van der Waals surface area contributed by atoms with Crippen molar-refractivity contribution in [2.24, 2.45) is 0 Å². The van der Waals surface area contributed by atoms with Gasteiger partial charge >= 0.3 is 0 Å². The summed E-state index contributed by atoms with van der Waals surface area (Å²) in [7, 11) is 0. The van der Waals surface area contributed by atoms with E-state index in [-0.39, 0.29) is 5.41 Å². The minimum absolute atomic E-state index is 0.0799. The lowest BCUT2D eigenvalue weighted by molar-refractivity contribution is 0.589. The van der Waals surface area contributed by atoms with Crippen LogP contribution >= 0.6 is 0 Å². The first-order valence-electron chi connectivity index (χ1n) is 7.40. The Kier molecular flexibility index (Phi) is 3.53. The van der Waals surface area contributed by atoms with Gasteiger partial charge < -0.3 is 0 Å². The zero-order valence-corrected chi connectivity index (χ0v) is 13.4. The van der Waals surface area contributed by atoms with Gasteiger partial charge in [-0.05, 0) is 35.6 Å². The number of aryl methyl sites for hydroxylation is 1. The molecule has 0 aliphatic heterocycles. The molecule has 22 heavy (non-hydrogen) atoms. The highest BCUT2D eigenvalue weighted by Gasteiger charge is 2.16. The number of aromatic nitrogens is 4. The number of hydrogen-bond donors (Lipinski definition) is 1. The van der Waals surface area contributed by atoms with Gasteiger partial charge in [-0.25, -0.2) is 4.98 Å². The first-order valence-corrected chi connectivity index (χ1v) is 7.40. The minimum Gasteiger partial charge on any atom is -0.257 e. The smallest absolute Gasteiger partial charge is 0.181 e. The molecule has 0 spiro atoms. The van der Waals surface area contributed by atoms with E-state index < -0.39 is 0 Å². The van der Waals surface area contributed by atoms with Crippen LogP contribution < -0.4 is 0 Å². The monoisotopic (exact) mass is 292 g/mol. The molecule has 2 heterocycles. The third kappa shape index (κ3) is 2.77. The molecule has 3 aromatic rings. The lowest BCUT2D eigenvalue weighted by atomic mass is 9.87. The first-order chi connectivity index (χ1) is 10.4. The normalized spacial score (nSPS) is 11.6. The zero-order chi connectivity index (χ0) is 15.7. The molecule has 0 amide bonds. The summed E-state index contributed by atoms with van der Waals surface area (Å²) in [6.45, 7) is 8.62. The van der Waals surface area contributed by atoms with Gasteiger partial charge in [0.1, 0.15) is 5.69 Å². The molecule has 1 N–H and O–H groups in total.